The highest BCUT2D eigenvalue weighted by Crippen LogP contribution is 2.29. The fourth-order valence-electron chi connectivity index (χ4n) is 8.06. The number of ether oxygens (including phenoxy) is 2. The first-order valence-corrected chi connectivity index (χ1v) is 22.8. The Morgan fingerprint density at radius 2 is 0.891 bits per heavy atom. The maximum Gasteiger partial charge on any atom is 0.258 e. The zero-order valence-corrected chi connectivity index (χ0v) is 39.6. The molecule has 0 saturated heterocycles. The number of rotatable bonds is 4. The summed E-state index contributed by atoms with van der Waals surface area (Å²) in [5.74, 6) is 0.0149. The van der Waals surface area contributed by atoms with Gasteiger partial charge in [0.15, 0.2) is 0 Å². The monoisotopic (exact) mass is 908 g/mol. The van der Waals surface area contributed by atoms with Gasteiger partial charge in [-0.25, -0.2) is 0 Å². The van der Waals surface area contributed by atoms with E-state index in [0.717, 1.165) is 11.1 Å². The molecule has 4 aromatic rings. The predicted molar refractivity (Wildman–Crippen MR) is 256 cm³/mol. The number of likely N-dealkylation sites (N-methyl/N-ethyl adjacent to an activating group) is 2. The number of nitrogens with zero attached hydrogens (tertiary/aromatic N) is 2. The Kier molecular flexibility index (Phi) is 18.1. The average Bonchev–Trinajstić information content (AvgIpc) is 3.25. The molecule has 64 heavy (non-hydrogen) atoms. The van der Waals surface area contributed by atoms with Gasteiger partial charge in [-0.3, -0.25) is 19.2 Å². The molecule has 2 aliphatic rings. The number of amides is 4. The number of para-hydroxylation sites is 2. The summed E-state index contributed by atoms with van der Waals surface area (Å²) in [5.41, 5.74) is 2.75. The van der Waals surface area contributed by atoms with Crippen molar-refractivity contribution in [3.05, 3.63) is 154 Å². The summed E-state index contributed by atoms with van der Waals surface area (Å²) in [6, 6.07) is 27.6. The van der Waals surface area contributed by atoms with Crippen molar-refractivity contribution >= 4 is 46.8 Å². The van der Waals surface area contributed by atoms with E-state index in [1.807, 2.05) is 102 Å². The third-order valence-corrected chi connectivity index (χ3v) is 11.8. The van der Waals surface area contributed by atoms with E-state index in [0.29, 0.717) is 58.4 Å². The number of carbonyl (C=O) groups excluding carboxylic acids is 4. The van der Waals surface area contributed by atoms with Gasteiger partial charge in [-0.2, -0.15) is 0 Å². The molecule has 0 bridgehead atoms. The molecule has 4 aromatic carbocycles. The number of hydrogen-bond donors (Lipinski definition) is 2. The van der Waals surface area contributed by atoms with E-state index in [4.69, 9.17) is 32.7 Å². The van der Waals surface area contributed by atoms with E-state index in [1.165, 1.54) is 9.80 Å². The quantitative estimate of drug-likeness (QED) is 0.197. The smallest absolute Gasteiger partial charge is 0.258 e. The lowest BCUT2D eigenvalue weighted by Gasteiger charge is -2.32. The lowest BCUT2D eigenvalue weighted by Crippen LogP contribution is -2.51. The van der Waals surface area contributed by atoms with Crippen LogP contribution in [0.2, 0.25) is 10.0 Å². The molecule has 0 aromatic heterocycles. The number of fused-ring (bicyclic) bond motifs is 2. The Morgan fingerprint density at radius 1 is 0.531 bits per heavy atom. The molecular weight excluding hydrogens is 847 g/mol. The van der Waals surface area contributed by atoms with Crippen LogP contribution < -0.4 is 20.1 Å². The van der Waals surface area contributed by atoms with Crippen LogP contribution in [0.15, 0.2) is 121 Å². The van der Waals surface area contributed by atoms with Crippen LogP contribution in [0, 0.1) is 11.8 Å². The van der Waals surface area contributed by atoms with E-state index in [9.17, 15) is 19.2 Å². The highest BCUT2D eigenvalue weighted by Gasteiger charge is 2.35. The molecule has 4 amide bonds. The van der Waals surface area contributed by atoms with Crippen LogP contribution in [-0.2, 0) is 9.59 Å². The van der Waals surface area contributed by atoms with Crippen molar-refractivity contribution in [3.8, 4) is 11.5 Å². The molecule has 0 fully saturated rings. The van der Waals surface area contributed by atoms with Crippen LogP contribution >= 0.6 is 23.2 Å². The predicted octanol–water partition coefficient (Wildman–Crippen LogP) is 10.8. The average molecular weight is 910 g/mol. The van der Waals surface area contributed by atoms with E-state index < -0.39 is 12.1 Å². The fraction of sp³-hybridized carbons (Fsp3) is 0.385. The Hall–Kier alpha value is -5.58. The van der Waals surface area contributed by atoms with E-state index >= 15 is 0 Å². The van der Waals surface area contributed by atoms with E-state index in [2.05, 4.69) is 34.9 Å². The van der Waals surface area contributed by atoms with Gasteiger partial charge in [0.05, 0.1) is 35.4 Å². The van der Waals surface area contributed by atoms with Crippen molar-refractivity contribution in [3.63, 3.8) is 0 Å². The Labute approximate surface area is 389 Å². The van der Waals surface area contributed by atoms with Crippen LogP contribution in [0.4, 0.5) is 0 Å². The van der Waals surface area contributed by atoms with Crippen LogP contribution in [0.3, 0.4) is 0 Å². The lowest BCUT2D eigenvalue weighted by atomic mass is 9.98. The molecular formula is C52H62Cl2N4O6. The largest absolute Gasteiger partial charge is 0.490 e. The zero-order valence-electron chi connectivity index (χ0n) is 38.1. The molecule has 12 heteroatoms. The van der Waals surface area contributed by atoms with Crippen LogP contribution in [0.1, 0.15) is 111 Å². The second-order valence-corrected chi connectivity index (χ2v) is 18.0. The van der Waals surface area contributed by atoms with E-state index in [1.54, 1.807) is 50.5 Å². The molecule has 0 aliphatic carbocycles. The molecule has 0 radical (unpaired) electrons. The van der Waals surface area contributed by atoms with Crippen molar-refractivity contribution in [1.29, 1.82) is 0 Å². The third-order valence-electron chi connectivity index (χ3n) is 11.3. The van der Waals surface area contributed by atoms with E-state index in [-0.39, 0.29) is 59.8 Å². The SMILES string of the molecule is CC(C)[C@@H]1C(=O)N[C@@H](c2cccc(Cl)c2)C/C=C/C[C@@H](C)Oc2ccccc2C(=O)N1C.CC(C)[C@@H]1C(=O)N[C@@H](c2cccc(Cl)c2)C/C=C\C[C@@H](C)Oc2ccccc2C(=O)N1C. The van der Waals surface area contributed by atoms with Crippen LogP contribution in [0.25, 0.3) is 0 Å². The molecule has 10 nitrogen and oxygen atoms in total. The van der Waals surface area contributed by atoms with Crippen molar-refractivity contribution < 1.29 is 28.7 Å². The second-order valence-electron chi connectivity index (χ2n) is 17.2. The number of halogens is 2. The maximum absolute atomic E-state index is 13.4. The van der Waals surface area contributed by atoms with Gasteiger partial charge >= 0.3 is 0 Å². The minimum Gasteiger partial charge on any atom is -0.490 e. The summed E-state index contributed by atoms with van der Waals surface area (Å²) < 4.78 is 12.2. The standard InChI is InChI=1S/2C26H31ClN2O3/c2*1-17(2)24-25(30)28-22(19-11-9-12-20(27)16-19)14-7-5-10-18(3)32-23-15-8-6-13-21(23)26(31)29(24)4/h2*5-9,11-13,15-18,22,24H,10,14H2,1-4H3,(H,28,30)/b7-5+;7-5-/t2*18-,22-,24-/m11/s1. The molecule has 6 atom stereocenters. The highest BCUT2D eigenvalue weighted by molar-refractivity contribution is 6.30. The molecule has 6 rings (SSSR count). The number of nitrogens with one attached hydrogen (secondary N) is 2. The molecule has 0 saturated carbocycles. The lowest BCUT2D eigenvalue weighted by molar-refractivity contribution is -0.128. The maximum atomic E-state index is 13.4. The van der Waals surface area contributed by atoms with Crippen molar-refractivity contribution in [1.82, 2.24) is 20.4 Å². The van der Waals surface area contributed by atoms with Gasteiger partial charge in [0, 0.05) is 37.0 Å². The van der Waals surface area contributed by atoms with Crippen LogP contribution in [0.5, 0.6) is 11.5 Å². The topological polar surface area (TPSA) is 117 Å². The fourth-order valence-corrected chi connectivity index (χ4v) is 8.46. The number of benzene rings is 4. The Bertz CT molecular complexity index is 2140. The molecule has 0 spiro atoms. The zero-order chi connectivity index (χ0) is 46.5. The summed E-state index contributed by atoms with van der Waals surface area (Å²) >= 11 is 12.4. The van der Waals surface area contributed by atoms with Gasteiger partial charge in [0.2, 0.25) is 11.8 Å². The summed E-state index contributed by atoms with van der Waals surface area (Å²) in [7, 11) is 3.35. The second kappa shape index (κ2) is 23.4. The first kappa shape index (κ1) is 49.4. The molecule has 0 unspecified atom stereocenters. The van der Waals surface area contributed by atoms with Crippen LogP contribution in [-0.4, -0.2) is 71.8 Å². The Morgan fingerprint density at radius 3 is 1.25 bits per heavy atom. The minimum atomic E-state index is -0.637. The van der Waals surface area contributed by atoms with Crippen molar-refractivity contribution in [2.75, 3.05) is 14.1 Å². The number of hydrogen-bond acceptors (Lipinski definition) is 6. The molecule has 2 N–H and O–H groups in total. The molecule has 340 valence electrons. The van der Waals surface area contributed by atoms with Crippen molar-refractivity contribution in [2.45, 2.75) is 104 Å². The summed E-state index contributed by atoms with van der Waals surface area (Å²) in [6.07, 6.45) is 10.6. The van der Waals surface area contributed by atoms with Gasteiger partial charge in [-0.1, -0.05) is 124 Å². The third kappa shape index (κ3) is 13.2. The van der Waals surface area contributed by atoms with Crippen molar-refractivity contribution in [2.24, 2.45) is 11.8 Å². The van der Waals surface area contributed by atoms with Gasteiger partial charge in [0.1, 0.15) is 23.6 Å². The summed E-state index contributed by atoms with van der Waals surface area (Å²) in [5, 5.41) is 7.55. The first-order valence-electron chi connectivity index (χ1n) is 22.0. The normalized spacial score (nSPS) is 23.7. The number of carbonyl (C=O) groups is 4. The van der Waals surface area contributed by atoms with Gasteiger partial charge in [-0.05, 0) is 98.2 Å². The minimum absolute atomic E-state index is 0.0839. The highest BCUT2D eigenvalue weighted by atomic mass is 35.5. The van der Waals surface area contributed by atoms with Gasteiger partial charge in [0.25, 0.3) is 11.8 Å². The first-order chi connectivity index (χ1) is 30.5. The summed E-state index contributed by atoms with van der Waals surface area (Å²) in [6.45, 7) is 11.7. The molecule has 2 aliphatic heterocycles. The van der Waals surface area contributed by atoms with Gasteiger partial charge in [-0.15, -0.1) is 0 Å². The summed E-state index contributed by atoms with van der Waals surface area (Å²) in [4.78, 5) is 56.7. The Balaban J connectivity index is 0.000000241. The molecule has 2 heterocycles. The van der Waals surface area contributed by atoms with Gasteiger partial charge < -0.3 is 29.9 Å².